The van der Waals surface area contributed by atoms with Gasteiger partial charge in [0.25, 0.3) is 5.56 Å². The molecule has 0 aliphatic heterocycles. The smallest absolute Gasteiger partial charge is 0.290 e. The second kappa shape index (κ2) is 5.49. The Morgan fingerprint density at radius 1 is 1.00 bits per heavy atom. The molecule has 0 atom stereocenters. The number of hydrogen-bond acceptors (Lipinski definition) is 3. The summed E-state index contributed by atoms with van der Waals surface area (Å²) in [6.45, 7) is 6.11. The molecule has 0 saturated heterocycles. The molecule has 4 nitrogen and oxygen atoms in total. The highest BCUT2D eigenvalue weighted by molar-refractivity contribution is 5.84. The second-order valence-corrected chi connectivity index (χ2v) is 4.82. The molecule has 0 spiro atoms. The van der Waals surface area contributed by atoms with E-state index >= 15 is 0 Å². The molecular weight excluding hydrogens is 254 g/mol. The zero-order chi connectivity index (χ0) is 14.9. The molecule has 0 aliphatic rings. The minimum Gasteiger partial charge on any atom is -0.503 e. The third kappa shape index (κ3) is 2.22. The number of hydrogen-bond donors (Lipinski definition) is 2. The van der Waals surface area contributed by atoms with Crippen LogP contribution in [0.5, 0.6) is 5.75 Å². The van der Waals surface area contributed by atoms with E-state index in [0.29, 0.717) is 10.9 Å². The lowest BCUT2D eigenvalue weighted by Crippen LogP contribution is -2.06. The molecule has 1 aromatic carbocycles. The first-order valence-corrected chi connectivity index (χ1v) is 6.97. The summed E-state index contributed by atoms with van der Waals surface area (Å²) >= 11 is 0. The van der Waals surface area contributed by atoms with Crippen LogP contribution in [0.25, 0.3) is 10.9 Å². The fourth-order valence-corrected chi connectivity index (χ4v) is 2.82. The maximum absolute atomic E-state index is 12.3. The highest BCUT2D eigenvalue weighted by Crippen LogP contribution is 2.24. The number of fused-ring (bicyclic) bond motifs is 1. The minimum absolute atomic E-state index is 0.315. The van der Waals surface area contributed by atoms with E-state index in [1.807, 2.05) is 13.0 Å². The van der Waals surface area contributed by atoms with Crippen molar-refractivity contribution in [1.82, 2.24) is 4.98 Å². The zero-order valence-corrected chi connectivity index (χ0v) is 12.0. The normalized spacial score (nSPS) is 10.9. The maximum Gasteiger partial charge on any atom is 0.290 e. The van der Waals surface area contributed by atoms with Gasteiger partial charge in [-0.05, 0) is 42.0 Å². The summed E-state index contributed by atoms with van der Waals surface area (Å²) in [6.07, 6.45) is 2.40. The Bertz CT molecular complexity index is 775. The molecular formula is C16H19NO3. The molecule has 20 heavy (non-hydrogen) atoms. The lowest BCUT2D eigenvalue weighted by atomic mass is 9.92. The Balaban J connectivity index is 3.12. The first-order chi connectivity index (χ1) is 9.53. The van der Waals surface area contributed by atoms with Crippen molar-refractivity contribution in [1.29, 1.82) is 0 Å². The molecule has 106 valence electrons. The number of aromatic nitrogens is 1. The molecule has 0 bridgehead atoms. The molecule has 0 radical (unpaired) electrons. The highest BCUT2D eigenvalue weighted by atomic mass is 16.3. The standard InChI is InChI=1S/C16H19NO3/c1-4-9-7-12-15(11(6-3)10(9)5-2)13(18)8-14(19)16(20)17-12/h7-8,19H,4-6H2,1-3H3,(H,17,20). The number of rotatable bonds is 3. The van der Waals surface area contributed by atoms with Gasteiger partial charge in [0.05, 0.1) is 5.52 Å². The van der Waals surface area contributed by atoms with Gasteiger partial charge in [-0.2, -0.15) is 0 Å². The van der Waals surface area contributed by atoms with Crippen molar-refractivity contribution in [3.8, 4) is 5.75 Å². The Kier molecular flexibility index (Phi) is 3.93. The summed E-state index contributed by atoms with van der Waals surface area (Å²) in [4.78, 5) is 26.6. The van der Waals surface area contributed by atoms with Crippen LogP contribution in [-0.2, 0) is 19.3 Å². The third-order valence-electron chi connectivity index (χ3n) is 3.72. The van der Waals surface area contributed by atoms with E-state index in [2.05, 4.69) is 18.8 Å². The van der Waals surface area contributed by atoms with Crippen molar-refractivity contribution < 1.29 is 5.11 Å². The minimum atomic E-state index is -0.634. The Labute approximate surface area is 117 Å². The molecule has 1 aromatic heterocycles. The fraction of sp³-hybridized carbons (Fsp3) is 0.375. The van der Waals surface area contributed by atoms with Crippen molar-refractivity contribution in [3.63, 3.8) is 0 Å². The first kappa shape index (κ1) is 14.3. The van der Waals surface area contributed by atoms with Crippen LogP contribution in [0.15, 0.2) is 21.7 Å². The van der Waals surface area contributed by atoms with Gasteiger partial charge < -0.3 is 10.1 Å². The van der Waals surface area contributed by atoms with Crippen LogP contribution in [0.2, 0.25) is 0 Å². The van der Waals surface area contributed by atoms with E-state index < -0.39 is 11.3 Å². The topological polar surface area (TPSA) is 70.2 Å². The molecule has 2 rings (SSSR count). The molecule has 4 heteroatoms. The van der Waals surface area contributed by atoms with E-state index in [4.69, 9.17) is 0 Å². The van der Waals surface area contributed by atoms with Crippen molar-refractivity contribution in [2.45, 2.75) is 40.0 Å². The number of nitrogens with one attached hydrogen (secondary N) is 1. The summed E-state index contributed by atoms with van der Waals surface area (Å²) in [6, 6.07) is 2.86. The van der Waals surface area contributed by atoms with Crippen LogP contribution in [-0.4, -0.2) is 10.1 Å². The fourth-order valence-electron chi connectivity index (χ4n) is 2.82. The predicted octanol–water partition coefficient (Wildman–Crippen LogP) is 2.28. The molecule has 0 unspecified atom stereocenters. The molecule has 0 saturated carbocycles. The van der Waals surface area contributed by atoms with Gasteiger partial charge in [0, 0.05) is 11.5 Å². The summed E-state index contributed by atoms with van der Waals surface area (Å²) < 4.78 is 0. The Morgan fingerprint density at radius 2 is 1.65 bits per heavy atom. The van der Waals surface area contributed by atoms with E-state index in [0.717, 1.165) is 36.5 Å². The lowest BCUT2D eigenvalue weighted by molar-refractivity contribution is 0.468. The Morgan fingerprint density at radius 3 is 2.20 bits per heavy atom. The van der Waals surface area contributed by atoms with Crippen LogP contribution in [0.1, 0.15) is 37.5 Å². The zero-order valence-electron chi connectivity index (χ0n) is 12.0. The average molecular weight is 273 g/mol. The van der Waals surface area contributed by atoms with E-state index in [-0.39, 0.29) is 5.43 Å². The summed E-state index contributed by atoms with van der Waals surface area (Å²) in [7, 11) is 0. The third-order valence-corrected chi connectivity index (χ3v) is 3.72. The van der Waals surface area contributed by atoms with E-state index in [1.165, 1.54) is 5.56 Å². The number of benzene rings is 1. The SMILES string of the molecule is CCc1cc2[nH]c(=O)c(O)cc(=O)c2c(CC)c1CC. The molecule has 0 amide bonds. The number of aryl methyl sites for hydroxylation is 2. The predicted molar refractivity (Wildman–Crippen MR) is 80.6 cm³/mol. The largest absolute Gasteiger partial charge is 0.503 e. The number of aromatic amines is 1. The van der Waals surface area contributed by atoms with Crippen LogP contribution in [0.3, 0.4) is 0 Å². The van der Waals surface area contributed by atoms with Crippen LogP contribution >= 0.6 is 0 Å². The first-order valence-electron chi connectivity index (χ1n) is 6.97. The molecule has 2 N–H and O–H groups in total. The monoisotopic (exact) mass is 273 g/mol. The molecule has 0 fully saturated rings. The summed E-state index contributed by atoms with van der Waals surface area (Å²) in [5.41, 5.74) is 2.84. The number of H-pyrrole nitrogens is 1. The van der Waals surface area contributed by atoms with Gasteiger partial charge in [0.2, 0.25) is 0 Å². The van der Waals surface area contributed by atoms with Crippen LogP contribution in [0, 0.1) is 0 Å². The summed E-state index contributed by atoms with van der Waals surface area (Å²) in [5, 5.41) is 10.1. The van der Waals surface area contributed by atoms with Gasteiger partial charge in [0.1, 0.15) is 0 Å². The number of aromatic hydroxyl groups is 1. The quantitative estimate of drug-likeness (QED) is 0.901. The van der Waals surface area contributed by atoms with Gasteiger partial charge in [-0.25, -0.2) is 0 Å². The maximum atomic E-state index is 12.3. The van der Waals surface area contributed by atoms with Gasteiger partial charge in [0.15, 0.2) is 11.2 Å². The van der Waals surface area contributed by atoms with Crippen molar-refractivity contribution in [2.24, 2.45) is 0 Å². The highest BCUT2D eigenvalue weighted by Gasteiger charge is 2.13. The van der Waals surface area contributed by atoms with Crippen LogP contribution in [0.4, 0.5) is 0 Å². The van der Waals surface area contributed by atoms with Gasteiger partial charge in [-0.15, -0.1) is 0 Å². The van der Waals surface area contributed by atoms with Gasteiger partial charge >= 0.3 is 0 Å². The lowest BCUT2D eigenvalue weighted by Gasteiger charge is -2.13. The van der Waals surface area contributed by atoms with Crippen molar-refractivity contribution in [3.05, 3.63) is 49.4 Å². The average Bonchev–Trinajstić information content (AvgIpc) is 2.54. The Hall–Kier alpha value is -2.10. The van der Waals surface area contributed by atoms with Crippen LogP contribution < -0.4 is 11.0 Å². The van der Waals surface area contributed by atoms with Gasteiger partial charge in [-0.1, -0.05) is 20.8 Å². The molecule has 2 aromatic rings. The van der Waals surface area contributed by atoms with Gasteiger partial charge in [-0.3, -0.25) is 9.59 Å². The molecule has 1 heterocycles. The summed E-state index contributed by atoms with van der Waals surface area (Å²) in [5.74, 6) is -0.538. The second-order valence-electron chi connectivity index (χ2n) is 4.82. The van der Waals surface area contributed by atoms with E-state index in [9.17, 15) is 14.7 Å². The van der Waals surface area contributed by atoms with Crippen molar-refractivity contribution >= 4 is 10.9 Å². The molecule has 0 aliphatic carbocycles. The van der Waals surface area contributed by atoms with Crippen molar-refractivity contribution in [2.75, 3.05) is 0 Å². The van der Waals surface area contributed by atoms with E-state index in [1.54, 1.807) is 0 Å².